The Kier molecular flexibility index (Phi) is 3.00. The minimum atomic E-state index is 0.0488. The van der Waals surface area contributed by atoms with E-state index in [1.165, 1.54) is 35.3 Å². The lowest BCUT2D eigenvalue weighted by atomic mass is 9.89. The van der Waals surface area contributed by atoms with Crippen molar-refractivity contribution < 1.29 is 4.79 Å². The number of benzene rings is 1. The first-order chi connectivity index (χ1) is 8.74. The SMILES string of the molecule is Cc1nc(C(=O)c2ccc3c(c2)CCCC3)cs1. The van der Waals surface area contributed by atoms with E-state index in [0.29, 0.717) is 5.69 Å². The molecule has 1 aromatic carbocycles. The molecule has 0 saturated heterocycles. The Morgan fingerprint density at radius 2 is 2.00 bits per heavy atom. The number of aryl methyl sites for hydroxylation is 3. The molecule has 3 heteroatoms. The van der Waals surface area contributed by atoms with Gasteiger partial charge in [-0.1, -0.05) is 12.1 Å². The number of hydrogen-bond acceptors (Lipinski definition) is 3. The lowest BCUT2D eigenvalue weighted by molar-refractivity contribution is 0.103. The van der Waals surface area contributed by atoms with Gasteiger partial charge in [0.05, 0.1) is 5.01 Å². The molecule has 2 nitrogen and oxygen atoms in total. The summed E-state index contributed by atoms with van der Waals surface area (Å²) in [6, 6.07) is 6.12. The number of fused-ring (bicyclic) bond motifs is 1. The minimum Gasteiger partial charge on any atom is -0.287 e. The van der Waals surface area contributed by atoms with Gasteiger partial charge >= 0.3 is 0 Å². The van der Waals surface area contributed by atoms with Crippen LogP contribution >= 0.6 is 11.3 Å². The molecule has 1 heterocycles. The first kappa shape index (κ1) is 11.6. The van der Waals surface area contributed by atoms with Crippen molar-refractivity contribution in [3.05, 3.63) is 51.0 Å². The standard InChI is InChI=1S/C15H15NOS/c1-10-16-14(9-18-10)15(17)13-7-6-11-4-2-3-5-12(11)8-13/h6-9H,2-5H2,1H3. The van der Waals surface area contributed by atoms with Gasteiger partial charge in [0.1, 0.15) is 5.69 Å². The predicted molar refractivity (Wildman–Crippen MR) is 73.4 cm³/mol. The minimum absolute atomic E-state index is 0.0488. The predicted octanol–water partition coefficient (Wildman–Crippen LogP) is 3.56. The van der Waals surface area contributed by atoms with Gasteiger partial charge in [-0.3, -0.25) is 4.79 Å². The van der Waals surface area contributed by atoms with E-state index in [9.17, 15) is 4.79 Å². The third-order valence-corrected chi connectivity index (χ3v) is 4.24. The van der Waals surface area contributed by atoms with Gasteiger partial charge in [0.2, 0.25) is 5.78 Å². The maximum absolute atomic E-state index is 12.3. The number of aromatic nitrogens is 1. The molecular weight excluding hydrogens is 242 g/mol. The highest BCUT2D eigenvalue weighted by Crippen LogP contribution is 2.23. The summed E-state index contributed by atoms with van der Waals surface area (Å²) in [6.45, 7) is 1.92. The normalized spacial score (nSPS) is 14.3. The van der Waals surface area contributed by atoms with E-state index >= 15 is 0 Å². The summed E-state index contributed by atoms with van der Waals surface area (Å²) >= 11 is 1.52. The molecule has 0 unspecified atom stereocenters. The average molecular weight is 257 g/mol. The molecular formula is C15H15NOS. The summed E-state index contributed by atoms with van der Waals surface area (Å²) in [7, 11) is 0. The van der Waals surface area contributed by atoms with Crippen molar-refractivity contribution in [1.82, 2.24) is 4.98 Å². The van der Waals surface area contributed by atoms with Gasteiger partial charge in [-0.05, 0) is 49.8 Å². The topological polar surface area (TPSA) is 30.0 Å². The van der Waals surface area contributed by atoms with E-state index < -0.39 is 0 Å². The van der Waals surface area contributed by atoms with Gasteiger partial charge in [-0.15, -0.1) is 11.3 Å². The molecule has 0 amide bonds. The summed E-state index contributed by atoms with van der Waals surface area (Å²) < 4.78 is 0. The average Bonchev–Trinajstić information content (AvgIpc) is 2.84. The van der Waals surface area contributed by atoms with E-state index in [4.69, 9.17) is 0 Å². The summed E-state index contributed by atoms with van der Waals surface area (Å²) in [4.78, 5) is 16.6. The van der Waals surface area contributed by atoms with Crippen LogP contribution in [0.5, 0.6) is 0 Å². The van der Waals surface area contributed by atoms with E-state index in [2.05, 4.69) is 17.1 Å². The van der Waals surface area contributed by atoms with Gasteiger partial charge in [0.15, 0.2) is 0 Å². The van der Waals surface area contributed by atoms with E-state index in [1.54, 1.807) is 0 Å². The third kappa shape index (κ3) is 2.10. The van der Waals surface area contributed by atoms with Crippen molar-refractivity contribution in [3.8, 4) is 0 Å². The smallest absolute Gasteiger partial charge is 0.212 e. The van der Waals surface area contributed by atoms with Gasteiger partial charge in [0.25, 0.3) is 0 Å². The fourth-order valence-corrected chi connectivity index (χ4v) is 3.08. The fraction of sp³-hybridized carbons (Fsp3) is 0.333. The van der Waals surface area contributed by atoms with E-state index in [0.717, 1.165) is 23.4 Å². The highest BCUT2D eigenvalue weighted by atomic mass is 32.1. The number of rotatable bonds is 2. The molecule has 0 saturated carbocycles. The summed E-state index contributed by atoms with van der Waals surface area (Å²) in [5, 5.41) is 2.79. The van der Waals surface area contributed by atoms with Crippen LogP contribution in [0.15, 0.2) is 23.6 Å². The fourth-order valence-electron chi connectivity index (χ4n) is 2.49. The van der Waals surface area contributed by atoms with Gasteiger partial charge in [-0.2, -0.15) is 0 Å². The van der Waals surface area contributed by atoms with Crippen LogP contribution < -0.4 is 0 Å². The Hall–Kier alpha value is -1.48. The first-order valence-corrected chi connectivity index (χ1v) is 7.20. The number of carbonyl (C=O) groups is 1. The zero-order chi connectivity index (χ0) is 12.5. The van der Waals surface area contributed by atoms with Crippen molar-refractivity contribution in [3.63, 3.8) is 0 Å². The quantitative estimate of drug-likeness (QED) is 0.770. The molecule has 3 rings (SSSR count). The monoisotopic (exact) mass is 257 g/mol. The molecule has 0 aliphatic heterocycles. The summed E-state index contributed by atoms with van der Waals surface area (Å²) in [5.41, 5.74) is 4.11. The Morgan fingerprint density at radius 1 is 1.22 bits per heavy atom. The van der Waals surface area contributed by atoms with Gasteiger partial charge in [0, 0.05) is 10.9 Å². The van der Waals surface area contributed by atoms with E-state index in [-0.39, 0.29) is 5.78 Å². The third-order valence-electron chi connectivity index (χ3n) is 3.46. The molecule has 0 spiro atoms. The first-order valence-electron chi connectivity index (χ1n) is 6.32. The Balaban J connectivity index is 1.95. The van der Waals surface area contributed by atoms with Gasteiger partial charge < -0.3 is 0 Å². The summed E-state index contributed by atoms with van der Waals surface area (Å²) in [5.74, 6) is 0.0488. The Labute approximate surface area is 111 Å². The molecule has 0 N–H and O–H groups in total. The number of thiazole rings is 1. The van der Waals surface area contributed by atoms with Crippen molar-refractivity contribution >= 4 is 17.1 Å². The van der Waals surface area contributed by atoms with Crippen molar-refractivity contribution in [1.29, 1.82) is 0 Å². The van der Waals surface area contributed by atoms with Crippen molar-refractivity contribution in [2.45, 2.75) is 32.6 Å². The highest BCUT2D eigenvalue weighted by molar-refractivity contribution is 7.09. The second-order valence-corrected chi connectivity index (χ2v) is 5.83. The zero-order valence-electron chi connectivity index (χ0n) is 10.4. The molecule has 1 aliphatic rings. The maximum Gasteiger partial charge on any atom is 0.212 e. The van der Waals surface area contributed by atoms with Crippen LogP contribution in [0.25, 0.3) is 0 Å². The lowest BCUT2D eigenvalue weighted by Gasteiger charge is -2.15. The van der Waals surface area contributed by atoms with Crippen LogP contribution in [-0.2, 0) is 12.8 Å². The Bertz CT molecular complexity index is 600. The van der Waals surface area contributed by atoms with Crippen LogP contribution in [0, 0.1) is 6.92 Å². The molecule has 0 atom stereocenters. The van der Waals surface area contributed by atoms with E-state index in [1.807, 2.05) is 18.4 Å². The van der Waals surface area contributed by atoms with Crippen LogP contribution in [-0.4, -0.2) is 10.8 Å². The summed E-state index contributed by atoms with van der Waals surface area (Å²) in [6.07, 6.45) is 4.76. The van der Waals surface area contributed by atoms with Crippen molar-refractivity contribution in [2.24, 2.45) is 0 Å². The number of hydrogen-bond donors (Lipinski definition) is 0. The maximum atomic E-state index is 12.3. The van der Waals surface area contributed by atoms with Crippen LogP contribution in [0.2, 0.25) is 0 Å². The molecule has 0 radical (unpaired) electrons. The van der Waals surface area contributed by atoms with Crippen molar-refractivity contribution in [2.75, 3.05) is 0 Å². The molecule has 0 fully saturated rings. The molecule has 92 valence electrons. The van der Waals surface area contributed by atoms with Crippen LogP contribution in [0.4, 0.5) is 0 Å². The highest BCUT2D eigenvalue weighted by Gasteiger charge is 2.15. The largest absolute Gasteiger partial charge is 0.287 e. The van der Waals surface area contributed by atoms with Crippen LogP contribution in [0.1, 0.15) is 45.0 Å². The molecule has 0 bridgehead atoms. The molecule has 18 heavy (non-hydrogen) atoms. The second-order valence-electron chi connectivity index (χ2n) is 4.77. The van der Waals surface area contributed by atoms with Gasteiger partial charge in [-0.25, -0.2) is 4.98 Å². The molecule has 1 aromatic heterocycles. The number of nitrogens with zero attached hydrogens (tertiary/aromatic N) is 1. The second kappa shape index (κ2) is 4.65. The number of ketones is 1. The number of carbonyl (C=O) groups excluding carboxylic acids is 1. The molecule has 1 aliphatic carbocycles. The molecule has 2 aromatic rings. The Morgan fingerprint density at radius 3 is 2.72 bits per heavy atom. The lowest BCUT2D eigenvalue weighted by Crippen LogP contribution is -2.07. The zero-order valence-corrected chi connectivity index (χ0v) is 11.2. The van der Waals surface area contributed by atoms with Crippen LogP contribution in [0.3, 0.4) is 0 Å².